The van der Waals surface area contributed by atoms with E-state index in [-0.39, 0.29) is 6.03 Å². The molecule has 0 bridgehead atoms. The number of hydrogen-bond donors (Lipinski definition) is 1. The standard InChI is InChI=1S/C28H34N4O4/c1-7-8-9-14-32-19(4)24(25(29-28(32)33)20-11-10-17(2)18(3)15-20)27-30-26(31-36-27)21-12-13-22(34-5)23(16-21)35-6/h10-13,15-16,25H,7-9,14H2,1-6H3,(H,29,33). The lowest BCUT2D eigenvalue weighted by Crippen LogP contribution is -2.46. The molecule has 0 saturated carbocycles. The third-order valence-electron chi connectivity index (χ3n) is 6.74. The number of rotatable bonds is 9. The first-order valence-electron chi connectivity index (χ1n) is 12.3. The number of carbonyl (C=O) groups excluding carboxylic acids is 1. The Kier molecular flexibility index (Phi) is 7.62. The molecule has 2 amide bonds. The summed E-state index contributed by atoms with van der Waals surface area (Å²) in [5.41, 5.74) is 5.68. The second kappa shape index (κ2) is 10.8. The number of nitrogens with one attached hydrogen (secondary N) is 1. The third kappa shape index (κ3) is 4.94. The van der Waals surface area contributed by atoms with Gasteiger partial charge in [-0.2, -0.15) is 4.98 Å². The molecule has 1 aliphatic heterocycles. The summed E-state index contributed by atoms with van der Waals surface area (Å²) in [6, 6.07) is 11.2. The first kappa shape index (κ1) is 25.3. The minimum atomic E-state index is -0.405. The van der Waals surface area contributed by atoms with E-state index in [1.807, 2.05) is 31.2 Å². The van der Waals surface area contributed by atoms with Crippen LogP contribution < -0.4 is 14.8 Å². The van der Waals surface area contributed by atoms with Gasteiger partial charge in [-0.1, -0.05) is 43.1 Å². The lowest BCUT2D eigenvalue weighted by molar-refractivity contribution is 0.204. The highest BCUT2D eigenvalue weighted by Crippen LogP contribution is 2.38. The van der Waals surface area contributed by atoms with Gasteiger partial charge in [0.2, 0.25) is 5.82 Å². The Hall–Kier alpha value is -3.81. The number of hydrogen-bond acceptors (Lipinski definition) is 6. The summed E-state index contributed by atoms with van der Waals surface area (Å²) in [5, 5.41) is 7.44. The van der Waals surface area contributed by atoms with E-state index >= 15 is 0 Å². The normalized spacial score (nSPS) is 15.8. The van der Waals surface area contributed by atoms with Gasteiger partial charge in [0.25, 0.3) is 5.89 Å². The smallest absolute Gasteiger partial charge is 0.322 e. The van der Waals surface area contributed by atoms with Crippen molar-refractivity contribution in [3.63, 3.8) is 0 Å². The zero-order chi connectivity index (χ0) is 25.8. The molecule has 3 aromatic rings. The van der Waals surface area contributed by atoms with E-state index in [2.05, 4.69) is 43.4 Å². The van der Waals surface area contributed by atoms with Crippen molar-refractivity contribution in [2.24, 2.45) is 0 Å². The summed E-state index contributed by atoms with van der Waals surface area (Å²) in [6.07, 6.45) is 3.05. The zero-order valence-corrected chi connectivity index (χ0v) is 21.8. The highest BCUT2D eigenvalue weighted by molar-refractivity contribution is 5.87. The van der Waals surface area contributed by atoms with E-state index in [0.29, 0.717) is 29.8 Å². The van der Waals surface area contributed by atoms with Gasteiger partial charge in [-0.3, -0.25) is 4.90 Å². The maximum atomic E-state index is 13.2. The average Bonchev–Trinajstić information content (AvgIpc) is 3.36. The van der Waals surface area contributed by atoms with Gasteiger partial charge < -0.3 is 19.3 Å². The molecule has 1 unspecified atom stereocenters. The Morgan fingerprint density at radius 2 is 1.78 bits per heavy atom. The number of nitrogens with zero attached hydrogens (tertiary/aromatic N) is 3. The zero-order valence-electron chi connectivity index (χ0n) is 21.8. The number of benzene rings is 2. The van der Waals surface area contributed by atoms with Gasteiger partial charge in [-0.15, -0.1) is 0 Å². The number of carbonyl (C=O) groups is 1. The van der Waals surface area contributed by atoms with Gasteiger partial charge in [0.1, 0.15) is 0 Å². The SMILES string of the molecule is CCCCCN1C(=O)NC(c2ccc(C)c(C)c2)C(c2nc(-c3ccc(OC)c(OC)c3)no2)=C1C. The van der Waals surface area contributed by atoms with Crippen molar-refractivity contribution < 1.29 is 18.8 Å². The molecule has 2 aromatic carbocycles. The fraction of sp³-hybridized carbons (Fsp3) is 0.393. The predicted octanol–water partition coefficient (Wildman–Crippen LogP) is 6.06. The molecule has 0 fully saturated rings. The van der Waals surface area contributed by atoms with E-state index in [1.54, 1.807) is 19.1 Å². The van der Waals surface area contributed by atoms with Gasteiger partial charge in [-0.05, 0) is 62.1 Å². The van der Waals surface area contributed by atoms with Crippen LogP contribution in [0.25, 0.3) is 17.0 Å². The fourth-order valence-corrected chi connectivity index (χ4v) is 4.47. The Morgan fingerprint density at radius 1 is 1.00 bits per heavy atom. The van der Waals surface area contributed by atoms with Crippen LogP contribution in [0.4, 0.5) is 4.79 Å². The molecule has 0 saturated heterocycles. The summed E-state index contributed by atoms with van der Waals surface area (Å²) < 4.78 is 16.6. The molecule has 1 atom stereocenters. The van der Waals surface area contributed by atoms with Crippen LogP contribution >= 0.6 is 0 Å². The number of methoxy groups -OCH3 is 2. The Bertz CT molecular complexity index is 1280. The van der Waals surface area contributed by atoms with Crippen LogP contribution in [0.3, 0.4) is 0 Å². The lowest BCUT2D eigenvalue weighted by Gasteiger charge is -2.35. The van der Waals surface area contributed by atoms with Crippen molar-refractivity contribution in [2.45, 2.75) is 53.0 Å². The van der Waals surface area contributed by atoms with Crippen LogP contribution in [0.1, 0.15) is 61.7 Å². The topological polar surface area (TPSA) is 89.7 Å². The first-order chi connectivity index (χ1) is 17.4. The number of unbranched alkanes of at least 4 members (excludes halogenated alkanes) is 2. The largest absolute Gasteiger partial charge is 0.493 e. The number of urea groups is 1. The van der Waals surface area contributed by atoms with E-state index in [1.165, 1.54) is 5.56 Å². The Labute approximate surface area is 212 Å². The highest BCUT2D eigenvalue weighted by atomic mass is 16.5. The van der Waals surface area contributed by atoms with Crippen LogP contribution in [0.15, 0.2) is 46.6 Å². The highest BCUT2D eigenvalue weighted by Gasteiger charge is 2.35. The maximum absolute atomic E-state index is 13.2. The minimum absolute atomic E-state index is 0.116. The van der Waals surface area contributed by atoms with Crippen LogP contribution in [-0.2, 0) is 0 Å². The molecule has 2 heterocycles. The number of ether oxygens (including phenoxy) is 2. The van der Waals surface area contributed by atoms with Gasteiger partial charge >= 0.3 is 6.03 Å². The Morgan fingerprint density at radius 3 is 2.47 bits per heavy atom. The molecule has 1 N–H and O–H groups in total. The van der Waals surface area contributed by atoms with Crippen molar-refractivity contribution >= 4 is 11.6 Å². The van der Waals surface area contributed by atoms with Gasteiger partial charge in [-0.25, -0.2) is 4.79 Å². The van der Waals surface area contributed by atoms with Crippen molar-refractivity contribution in [3.8, 4) is 22.9 Å². The van der Waals surface area contributed by atoms with Gasteiger partial charge in [0.15, 0.2) is 11.5 Å². The molecule has 1 aliphatic rings. The predicted molar refractivity (Wildman–Crippen MR) is 139 cm³/mol. The first-order valence-corrected chi connectivity index (χ1v) is 12.3. The molecule has 1 aromatic heterocycles. The monoisotopic (exact) mass is 490 g/mol. The second-order valence-electron chi connectivity index (χ2n) is 9.08. The Balaban J connectivity index is 1.78. The summed E-state index contributed by atoms with van der Waals surface area (Å²) >= 11 is 0. The van der Waals surface area contributed by atoms with E-state index < -0.39 is 6.04 Å². The summed E-state index contributed by atoms with van der Waals surface area (Å²) in [6.45, 7) is 8.87. The fourth-order valence-electron chi connectivity index (χ4n) is 4.47. The van der Waals surface area contributed by atoms with Crippen LogP contribution in [-0.4, -0.2) is 41.8 Å². The van der Waals surface area contributed by atoms with Crippen molar-refractivity contribution in [1.29, 1.82) is 0 Å². The van der Waals surface area contributed by atoms with Crippen LogP contribution in [0, 0.1) is 13.8 Å². The summed E-state index contributed by atoms with van der Waals surface area (Å²) in [7, 11) is 3.18. The van der Waals surface area contributed by atoms with E-state index in [9.17, 15) is 4.79 Å². The summed E-state index contributed by atoms with van der Waals surface area (Å²) in [4.78, 5) is 19.7. The van der Waals surface area contributed by atoms with Crippen LogP contribution in [0.5, 0.6) is 11.5 Å². The van der Waals surface area contributed by atoms with E-state index in [0.717, 1.165) is 47.2 Å². The molecule has 0 spiro atoms. The summed E-state index contributed by atoms with van der Waals surface area (Å²) in [5.74, 6) is 2.01. The minimum Gasteiger partial charge on any atom is -0.493 e. The van der Waals surface area contributed by atoms with Gasteiger partial charge in [0.05, 0.1) is 25.8 Å². The molecule has 36 heavy (non-hydrogen) atoms. The van der Waals surface area contributed by atoms with Crippen LogP contribution in [0.2, 0.25) is 0 Å². The van der Waals surface area contributed by atoms with Crippen molar-refractivity contribution in [3.05, 3.63) is 64.7 Å². The molecule has 8 heteroatoms. The number of aryl methyl sites for hydroxylation is 2. The maximum Gasteiger partial charge on any atom is 0.322 e. The lowest BCUT2D eigenvalue weighted by atomic mass is 9.92. The number of amides is 2. The molecule has 190 valence electrons. The molecule has 8 nitrogen and oxygen atoms in total. The molecular weight excluding hydrogens is 456 g/mol. The molecule has 0 radical (unpaired) electrons. The quantitative estimate of drug-likeness (QED) is 0.367. The molecule has 4 rings (SSSR count). The van der Waals surface area contributed by atoms with Crippen molar-refractivity contribution in [2.75, 3.05) is 20.8 Å². The van der Waals surface area contributed by atoms with Crippen molar-refractivity contribution in [1.82, 2.24) is 20.4 Å². The van der Waals surface area contributed by atoms with Gasteiger partial charge in [0, 0.05) is 17.8 Å². The number of allylic oxidation sites excluding steroid dienone is 1. The van der Waals surface area contributed by atoms with E-state index in [4.69, 9.17) is 19.0 Å². The number of aromatic nitrogens is 2. The molecular formula is C28H34N4O4. The molecule has 0 aliphatic carbocycles. The second-order valence-corrected chi connectivity index (χ2v) is 9.08. The average molecular weight is 491 g/mol. The third-order valence-corrected chi connectivity index (χ3v) is 6.74.